The van der Waals surface area contributed by atoms with Gasteiger partial charge in [-0.25, -0.2) is 0 Å². The third-order valence-electron chi connectivity index (χ3n) is 4.32. The average Bonchev–Trinajstić information content (AvgIpc) is 2.94. The summed E-state index contributed by atoms with van der Waals surface area (Å²) in [7, 11) is 0. The third kappa shape index (κ3) is 2.97. The fourth-order valence-electron chi connectivity index (χ4n) is 3.23. The molecule has 1 aliphatic carbocycles. The Morgan fingerprint density at radius 2 is 2.10 bits per heavy atom. The Balaban J connectivity index is 1.82. The molecule has 0 spiro atoms. The molecular formula is C18H23NS. The lowest BCUT2D eigenvalue weighted by molar-refractivity contribution is 0.415. The van der Waals surface area contributed by atoms with Crippen molar-refractivity contribution in [3.63, 3.8) is 0 Å². The quantitative estimate of drug-likeness (QED) is 0.756. The van der Waals surface area contributed by atoms with Gasteiger partial charge in [0.1, 0.15) is 0 Å². The molecule has 1 aromatic carbocycles. The largest absolute Gasteiger partial charge is 0.302 e. The summed E-state index contributed by atoms with van der Waals surface area (Å²) < 4.78 is 0. The molecule has 0 aliphatic heterocycles. The van der Waals surface area contributed by atoms with E-state index >= 15 is 0 Å². The number of hydrogen-bond acceptors (Lipinski definition) is 2. The standard InChI is InChI=1S/C18H23NS/c1-2-16(18-12-7-13-20-18)19-17-11-6-4-9-14-8-3-5-10-15(14)17/h3,5,7-8,10,12-13,16-17,19H,2,4,6,9,11H2,1H3. The summed E-state index contributed by atoms with van der Waals surface area (Å²) in [4.78, 5) is 1.47. The molecule has 106 valence electrons. The molecule has 2 atom stereocenters. The zero-order chi connectivity index (χ0) is 13.8. The van der Waals surface area contributed by atoms with Gasteiger partial charge in [-0.1, -0.05) is 43.7 Å². The first kappa shape index (κ1) is 13.8. The minimum Gasteiger partial charge on any atom is -0.302 e. The molecule has 0 radical (unpaired) electrons. The Kier molecular flexibility index (Phi) is 4.54. The molecule has 1 aromatic heterocycles. The van der Waals surface area contributed by atoms with E-state index in [0.29, 0.717) is 12.1 Å². The van der Waals surface area contributed by atoms with Gasteiger partial charge in [0.2, 0.25) is 0 Å². The van der Waals surface area contributed by atoms with Crippen LogP contribution in [0.15, 0.2) is 41.8 Å². The summed E-state index contributed by atoms with van der Waals surface area (Å²) in [5.41, 5.74) is 3.07. The molecule has 2 unspecified atom stereocenters. The fourth-order valence-corrected chi connectivity index (χ4v) is 4.10. The summed E-state index contributed by atoms with van der Waals surface area (Å²) in [6, 6.07) is 14.4. The van der Waals surface area contributed by atoms with Crippen molar-refractivity contribution in [1.82, 2.24) is 5.32 Å². The zero-order valence-corrected chi connectivity index (χ0v) is 13.0. The second kappa shape index (κ2) is 6.55. The molecule has 1 N–H and O–H groups in total. The average molecular weight is 285 g/mol. The molecule has 3 rings (SSSR count). The highest BCUT2D eigenvalue weighted by Gasteiger charge is 2.21. The van der Waals surface area contributed by atoms with Crippen LogP contribution in [0.2, 0.25) is 0 Å². The number of nitrogens with one attached hydrogen (secondary N) is 1. The molecule has 1 nitrogen and oxygen atoms in total. The van der Waals surface area contributed by atoms with Crippen LogP contribution in [0, 0.1) is 0 Å². The van der Waals surface area contributed by atoms with Crippen LogP contribution in [0.4, 0.5) is 0 Å². The van der Waals surface area contributed by atoms with Crippen LogP contribution in [-0.2, 0) is 6.42 Å². The van der Waals surface area contributed by atoms with Gasteiger partial charge >= 0.3 is 0 Å². The predicted octanol–water partition coefficient (Wildman–Crippen LogP) is 5.26. The molecule has 2 heteroatoms. The van der Waals surface area contributed by atoms with Gasteiger partial charge in [-0.05, 0) is 48.3 Å². The van der Waals surface area contributed by atoms with E-state index in [1.807, 2.05) is 11.3 Å². The van der Waals surface area contributed by atoms with Gasteiger partial charge in [-0.15, -0.1) is 11.3 Å². The maximum Gasteiger partial charge on any atom is 0.0417 e. The highest BCUT2D eigenvalue weighted by molar-refractivity contribution is 7.10. The van der Waals surface area contributed by atoms with Gasteiger partial charge in [0.15, 0.2) is 0 Å². The van der Waals surface area contributed by atoms with Crippen molar-refractivity contribution < 1.29 is 0 Å². The highest BCUT2D eigenvalue weighted by atomic mass is 32.1. The van der Waals surface area contributed by atoms with E-state index in [-0.39, 0.29) is 0 Å². The first-order valence-corrected chi connectivity index (χ1v) is 8.63. The summed E-state index contributed by atoms with van der Waals surface area (Å²) in [5, 5.41) is 6.10. The molecule has 0 saturated carbocycles. The summed E-state index contributed by atoms with van der Waals surface area (Å²) in [6.45, 7) is 2.28. The van der Waals surface area contributed by atoms with E-state index in [9.17, 15) is 0 Å². The molecule has 1 heterocycles. The summed E-state index contributed by atoms with van der Waals surface area (Å²) in [5.74, 6) is 0. The van der Waals surface area contributed by atoms with E-state index in [4.69, 9.17) is 0 Å². The lowest BCUT2D eigenvalue weighted by Crippen LogP contribution is -2.25. The second-order valence-corrected chi connectivity index (χ2v) is 6.62. The second-order valence-electron chi connectivity index (χ2n) is 5.64. The summed E-state index contributed by atoms with van der Waals surface area (Å²) in [6.07, 6.45) is 6.31. The minimum absolute atomic E-state index is 0.492. The van der Waals surface area contributed by atoms with E-state index in [0.717, 1.165) is 6.42 Å². The Morgan fingerprint density at radius 3 is 2.90 bits per heavy atom. The third-order valence-corrected chi connectivity index (χ3v) is 5.30. The van der Waals surface area contributed by atoms with E-state index in [2.05, 4.69) is 54.0 Å². The van der Waals surface area contributed by atoms with E-state index in [1.54, 1.807) is 5.56 Å². The molecule has 1 aliphatic rings. The topological polar surface area (TPSA) is 12.0 Å². The molecule has 0 saturated heterocycles. The van der Waals surface area contributed by atoms with Gasteiger partial charge in [-0.2, -0.15) is 0 Å². The van der Waals surface area contributed by atoms with Crippen LogP contribution in [-0.4, -0.2) is 0 Å². The van der Waals surface area contributed by atoms with Crippen LogP contribution in [0.5, 0.6) is 0 Å². The molecule has 0 fully saturated rings. The van der Waals surface area contributed by atoms with Gasteiger partial charge in [0.25, 0.3) is 0 Å². The molecule has 0 bridgehead atoms. The maximum absolute atomic E-state index is 3.91. The van der Waals surface area contributed by atoms with Crippen molar-refractivity contribution in [2.75, 3.05) is 0 Å². The Bertz CT molecular complexity index is 532. The van der Waals surface area contributed by atoms with Gasteiger partial charge in [0.05, 0.1) is 0 Å². The lowest BCUT2D eigenvalue weighted by atomic mass is 9.98. The van der Waals surface area contributed by atoms with Crippen molar-refractivity contribution in [2.24, 2.45) is 0 Å². The first-order chi connectivity index (χ1) is 9.88. The normalized spacial score (nSPS) is 20.1. The van der Waals surface area contributed by atoms with E-state index < -0.39 is 0 Å². The molecule has 0 amide bonds. The maximum atomic E-state index is 3.91. The predicted molar refractivity (Wildman–Crippen MR) is 87.2 cm³/mol. The van der Waals surface area contributed by atoms with Gasteiger partial charge in [-0.3, -0.25) is 0 Å². The van der Waals surface area contributed by atoms with Crippen LogP contribution < -0.4 is 5.32 Å². The van der Waals surface area contributed by atoms with Crippen molar-refractivity contribution in [3.05, 3.63) is 57.8 Å². The number of hydrogen-bond donors (Lipinski definition) is 1. The van der Waals surface area contributed by atoms with E-state index in [1.165, 1.54) is 36.1 Å². The van der Waals surface area contributed by atoms with Crippen molar-refractivity contribution in [1.29, 1.82) is 0 Å². The SMILES string of the molecule is CCC(NC1CCCCc2ccccc21)c1cccs1. The Labute approximate surface area is 126 Å². The van der Waals surface area contributed by atoms with Crippen molar-refractivity contribution >= 4 is 11.3 Å². The molecular weight excluding hydrogens is 262 g/mol. The Morgan fingerprint density at radius 1 is 1.20 bits per heavy atom. The van der Waals surface area contributed by atoms with Crippen LogP contribution in [0.25, 0.3) is 0 Å². The number of thiophene rings is 1. The number of rotatable bonds is 4. The van der Waals surface area contributed by atoms with Crippen LogP contribution in [0.1, 0.15) is 60.7 Å². The number of fused-ring (bicyclic) bond motifs is 1. The van der Waals surface area contributed by atoms with Crippen molar-refractivity contribution in [2.45, 2.75) is 51.1 Å². The molecule has 20 heavy (non-hydrogen) atoms. The fraction of sp³-hybridized carbons (Fsp3) is 0.444. The number of benzene rings is 1. The minimum atomic E-state index is 0.492. The van der Waals surface area contributed by atoms with Gasteiger partial charge in [0, 0.05) is 17.0 Å². The van der Waals surface area contributed by atoms with Crippen molar-refractivity contribution in [3.8, 4) is 0 Å². The Hall–Kier alpha value is -1.12. The number of aryl methyl sites for hydroxylation is 1. The summed E-state index contributed by atoms with van der Waals surface area (Å²) >= 11 is 1.87. The first-order valence-electron chi connectivity index (χ1n) is 7.75. The van der Waals surface area contributed by atoms with Crippen LogP contribution in [0.3, 0.4) is 0 Å². The monoisotopic (exact) mass is 285 g/mol. The van der Waals surface area contributed by atoms with Crippen LogP contribution >= 0.6 is 11.3 Å². The zero-order valence-electron chi connectivity index (χ0n) is 12.1. The lowest BCUT2D eigenvalue weighted by Gasteiger charge is -2.25. The molecule has 2 aromatic rings. The highest BCUT2D eigenvalue weighted by Crippen LogP contribution is 2.32. The van der Waals surface area contributed by atoms with Gasteiger partial charge < -0.3 is 5.32 Å². The smallest absolute Gasteiger partial charge is 0.0417 e.